The first kappa shape index (κ1) is 16.4. The minimum absolute atomic E-state index is 0.157. The van der Waals surface area contributed by atoms with Gasteiger partial charge in [-0.15, -0.1) is 0 Å². The van der Waals surface area contributed by atoms with Crippen molar-refractivity contribution in [3.05, 3.63) is 35.4 Å². The van der Waals surface area contributed by atoms with Crippen molar-refractivity contribution in [2.24, 2.45) is 5.84 Å². The van der Waals surface area contributed by atoms with Crippen molar-refractivity contribution in [1.82, 2.24) is 10.3 Å². The van der Waals surface area contributed by atoms with E-state index in [2.05, 4.69) is 55.4 Å². The molecule has 118 valence electrons. The van der Waals surface area contributed by atoms with E-state index in [9.17, 15) is 0 Å². The van der Waals surface area contributed by atoms with Crippen LogP contribution in [0.1, 0.15) is 37.8 Å². The lowest BCUT2D eigenvalue weighted by Crippen LogP contribution is -2.54. The molecule has 0 spiro atoms. The van der Waals surface area contributed by atoms with Crippen LogP contribution in [0, 0.1) is 0 Å². The number of ether oxygens (including phenoxy) is 1. The Morgan fingerprint density at radius 2 is 2.05 bits per heavy atom. The van der Waals surface area contributed by atoms with Crippen molar-refractivity contribution >= 4 is 0 Å². The van der Waals surface area contributed by atoms with Gasteiger partial charge in [0, 0.05) is 13.1 Å². The fourth-order valence-electron chi connectivity index (χ4n) is 2.85. The molecule has 1 saturated heterocycles. The van der Waals surface area contributed by atoms with E-state index in [1.54, 1.807) is 0 Å². The molecule has 0 aliphatic carbocycles. The Morgan fingerprint density at radius 3 is 2.62 bits per heavy atom. The number of nitrogens with one attached hydrogen (secondary N) is 1. The van der Waals surface area contributed by atoms with E-state index in [1.165, 1.54) is 11.1 Å². The average molecular weight is 291 g/mol. The molecule has 2 rings (SSSR count). The highest BCUT2D eigenvalue weighted by molar-refractivity contribution is 5.25. The number of hydrogen-bond donors (Lipinski definition) is 2. The van der Waals surface area contributed by atoms with Crippen LogP contribution < -0.4 is 11.3 Å². The van der Waals surface area contributed by atoms with Gasteiger partial charge in [-0.3, -0.25) is 16.2 Å². The second-order valence-electron chi connectivity index (χ2n) is 6.18. The Labute approximate surface area is 128 Å². The minimum Gasteiger partial charge on any atom is -0.374 e. The van der Waals surface area contributed by atoms with Gasteiger partial charge in [-0.2, -0.15) is 0 Å². The zero-order valence-corrected chi connectivity index (χ0v) is 13.5. The Hall–Kier alpha value is -0.940. The normalized spacial score (nSPS) is 21.7. The molecule has 1 heterocycles. The molecule has 0 radical (unpaired) electrons. The molecule has 1 aliphatic heterocycles. The van der Waals surface area contributed by atoms with Gasteiger partial charge in [0.15, 0.2) is 0 Å². The maximum absolute atomic E-state index is 5.91. The molecule has 4 nitrogen and oxygen atoms in total. The number of nitrogens with two attached hydrogens (primary N) is 1. The van der Waals surface area contributed by atoms with Gasteiger partial charge < -0.3 is 4.74 Å². The van der Waals surface area contributed by atoms with Gasteiger partial charge in [0.1, 0.15) is 0 Å². The molecule has 3 N–H and O–H groups in total. The highest BCUT2D eigenvalue weighted by Crippen LogP contribution is 2.17. The maximum Gasteiger partial charge on any atom is 0.0871 e. The van der Waals surface area contributed by atoms with Crippen molar-refractivity contribution in [3.63, 3.8) is 0 Å². The van der Waals surface area contributed by atoms with E-state index in [0.29, 0.717) is 5.92 Å². The lowest BCUT2D eigenvalue weighted by atomic mass is 9.97. The summed E-state index contributed by atoms with van der Waals surface area (Å²) in [6.45, 7) is 10.5. The van der Waals surface area contributed by atoms with Crippen molar-refractivity contribution in [2.75, 3.05) is 26.2 Å². The Balaban J connectivity index is 1.98. The van der Waals surface area contributed by atoms with Gasteiger partial charge in [0.05, 0.1) is 18.8 Å². The van der Waals surface area contributed by atoms with Crippen LogP contribution >= 0.6 is 0 Å². The van der Waals surface area contributed by atoms with Gasteiger partial charge in [-0.05, 0) is 30.0 Å². The molecule has 4 heteroatoms. The van der Waals surface area contributed by atoms with Crippen LogP contribution in [-0.4, -0.2) is 43.3 Å². The average Bonchev–Trinajstić information content (AvgIpc) is 2.53. The summed E-state index contributed by atoms with van der Waals surface area (Å²) in [5, 5.41) is 0. The molecule has 1 aromatic carbocycles. The number of morpholine rings is 1. The topological polar surface area (TPSA) is 50.5 Å². The summed E-state index contributed by atoms with van der Waals surface area (Å²) in [6.07, 6.45) is 1.06. The number of hydrogen-bond acceptors (Lipinski definition) is 4. The molecule has 2 atom stereocenters. The Bertz CT molecular complexity index is 419. The Morgan fingerprint density at radius 1 is 1.33 bits per heavy atom. The van der Waals surface area contributed by atoms with E-state index in [1.807, 2.05) is 0 Å². The lowest BCUT2D eigenvalue weighted by molar-refractivity contribution is -0.0447. The molecule has 0 amide bonds. The zero-order valence-electron chi connectivity index (χ0n) is 13.5. The summed E-state index contributed by atoms with van der Waals surface area (Å²) in [7, 11) is 0. The molecular weight excluding hydrogens is 262 g/mol. The molecule has 21 heavy (non-hydrogen) atoms. The summed E-state index contributed by atoms with van der Waals surface area (Å²) in [4.78, 5) is 2.42. The highest BCUT2D eigenvalue weighted by Gasteiger charge is 2.27. The molecule has 2 unspecified atom stereocenters. The molecule has 0 saturated carbocycles. The maximum atomic E-state index is 5.91. The van der Waals surface area contributed by atoms with Gasteiger partial charge in [-0.1, -0.05) is 45.0 Å². The van der Waals surface area contributed by atoms with Crippen LogP contribution in [0.2, 0.25) is 0 Å². The smallest absolute Gasteiger partial charge is 0.0871 e. The summed E-state index contributed by atoms with van der Waals surface area (Å²) in [5.41, 5.74) is 5.63. The predicted octanol–water partition coefficient (Wildman–Crippen LogP) is 1.91. The fraction of sp³-hybridized carbons (Fsp3) is 0.647. The highest BCUT2D eigenvalue weighted by atomic mass is 16.5. The third-order valence-corrected chi connectivity index (χ3v) is 4.39. The molecule has 0 bridgehead atoms. The molecular formula is C17H29N3O. The van der Waals surface area contributed by atoms with Crippen molar-refractivity contribution in [2.45, 2.75) is 45.3 Å². The summed E-state index contributed by atoms with van der Waals surface area (Å²) >= 11 is 0. The summed E-state index contributed by atoms with van der Waals surface area (Å²) in [5.74, 6) is 6.34. The monoisotopic (exact) mass is 291 g/mol. The standard InChI is InChI=1S/C17H29N3O/c1-4-20-9-10-21-17(12-20)16(19-18)11-14-5-7-15(8-6-14)13(2)3/h5-8,13,16-17,19H,4,9-12,18H2,1-3H3. The number of nitrogens with zero attached hydrogens (tertiary/aromatic N) is 1. The number of likely N-dealkylation sites (N-methyl/N-ethyl adjacent to an activating group) is 1. The summed E-state index contributed by atoms with van der Waals surface area (Å²) < 4.78 is 5.91. The fourth-order valence-corrected chi connectivity index (χ4v) is 2.85. The van der Waals surface area contributed by atoms with Crippen molar-refractivity contribution in [1.29, 1.82) is 0 Å². The van der Waals surface area contributed by atoms with Crippen LogP contribution in [0.3, 0.4) is 0 Å². The third kappa shape index (κ3) is 4.51. The number of rotatable bonds is 6. The van der Waals surface area contributed by atoms with E-state index in [0.717, 1.165) is 32.7 Å². The SMILES string of the molecule is CCN1CCOC(C(Cc2ccc(C(C)C)cc2)NN)C1. The van der Waals surface area contributed by atoms with Crippen molar-refractivity contribution in [3.8, 4) is 0 Å². The van der Waals surface area contributed by atoms with Crippen LogP contribution in [0.15, 0.2) is 24.3 Å². The van der Waals surface area contributed by atoms with Crippen LogP contribution in [0.4, 0.5) is 0 Å². The number of benzene rings is 1. The molecule has 1 aromatic rings. The molecule has 0 aromatic heterocycles. The zero-order chi connectivity index (χ0) is 15.2. The van der Waals surface area contributed by atoms with Gasteiger partial charge in [-0.25, -0.2) is 0 Å². The quantitative estimate of drug-likeness (QED) is 0.621. The van der Waals surface area contributed by atoms with Gasteiger partial charge in [0.2, 0.25) is 0 Å². The molecule has 1 aliphatic rings. The largest absolute Gasteiger partial charge is 0.374 e. The lowest BCUT2D eigenvalue weighted by Gasteiger charge is -2.36. The predicted molar refractivity (Wildman–Crippen MR) is 87.2 cm³/mol. The first-order valence-electron chi connectivity index (χ1n) is 8.03. The van der Waals surface area contributed by atoms with Crippen LogP contribution in [0.25, 0.3) is 0 Å². The Kier molecular flexibility index (Phi) is 6.18. The first-order chi connectivity index (χ1) is 10.1. The van der Waals surface area contributed by atoms with Gasteiger partial charge in [0.25, 0.3) is 0 Å². The minimum atomic E-state index is 0.157. The van der Waals surface area contributed by atoms with Crippen LogP contribution in [0.5, 0.6) is 0 Å². The van der Waals surface area contributed by atoms with Crippen molar-refractivity contribution < 1.29 is 4.74 Å². The second-order valence-corrected chi connectivity index (χ2v) is 6.18. The summed E-state index contributed by atoms with van der Waals surface area (Å²) in [6, 6.07) is 9.01. The number of hydrazine groups is 1. The van der Waals surface area contributed by atoms with E-state index in [-0.39, 0.29) is 12.1 Å². The second kappa shape index (κ2) is 7.90. The molecule has 1 fully saturated rings. The van der Waals surface area contributed by atoms with E-state index >= 15 is 0 Å². The van der Waals surface area contributed by atoms with E-state index in [4.69, 9.17) is 10.6 Å². The van der Waals surface area contributed by atoms with E-state index < -0.39 is 0 Å². The first-order valence-corrected chi connectivity index (χ1v) is 8.03. The van der Waals surface area contributed by atoms with Gasteiger partial charge >= 0.3 is 0 Å². The third-order valence-electron chi connectivity index (χ3n) is 4.39. The van der Waals surface area contributed by atoms with Crippen LogP contribution in [-0.2, 0) is 11.2 Å².